The number of hydrogen-bond donors (Lipinski definition) is 3. The van der Waals surface area contributed by atoms with Crippen molar-refractivity contribution in [3.63, 3.8) is 0 Å². The molecule has 0 unspecified atom stereocenters. The summed E-state index contributed by atoms with van der Waals surface area (Å²) in [5.74, 6) is 1.15. The van der Waals surface area contributed by atoms with Crippen molar-refractivity contribution in [3.05, 3.63) is 91.3 Å². The first-order valence-electron chi connectivity index (χ1n) is 10.00. The predicted octanol–water partition coefficient (Wildman–Crippen LogP) is 3.67. The van der Waals surface area contributed by atoms with Gasteiger partial charge in [0.15, 0.2) is 5.82 Å². The summed E-state index contributed by atoms with van der Waals surface area (Å²) < 4.78 is 27.7. The third-order valence-electron chi connectivity index (χ3n) is 4.61. The van der Waals surface area contributed by atoms with Crippen molar-refractivity contribution >= 4 is 27.3 Å². The molecule has 8 nitrogen and oxygen atoms in total. The van der Waals surface area contributed by atoms with Gasteiger partial charge in [-0.3, -0.25) is 4.98 Å². The Bertz CT molecular complexity index is 1230. The van der Waals surface area contributed by atoms with Crippen molar-refractivity contribution < 1.29 is 8.42 Å². The van der Waals surface area contributed by atoms with Gasteiger partial charge < -0.3 is 10.6 Å². The molecule has 0 atom stereocenters. The fourth-order valence-electron chi connectivity index (χ4n) is 2.99. The summed E-state index contributed by atoms with van der Waals surface area (Å²) in [5, 5.41) is 14.4. The molecule has 0 saturated carbocycles. The van der Waals surface area contributed by atoms with Crippen molar-refractivity contribution in [2.75, 3.05) is 23.7 Å². The molecule has 2 aromatic heterocycles. The zero-order valence-corrected chi connectivity index (χ0v) is 18.0. The van der Waals surface area contributed by atoms with Crippen LogP contribution in [0.1, 0.15) is 0 Å². The number of nitrogens with one attached hydrogen (secondary N) is 3. The molecule has 0 fully saturated rings. The molecule has 0 aliphatic heterocycles. The highest BCUT2D eigenvalue weighted by molar-refractivity contribution is 7.89. The van der Waals surface area contributed by atoms with Crippen molar-refractivity contribution in [1.82, 2.24) is 19.9 Å². The molecule has 9 heteroatoms. The van der Waals surface area contributed by atoms with E-state index >= 15 is 0 Å². The minimum Gasteiger partial charge on any atom is -0.367 e. The number of anilines is 3. The zero-order chi connectivity index (χ0) is 22.2. The van der Waals surface area contributed by atoms with E-state index in [0.717, 1.165) is 16.8 Å². The number of sulfonamides is 1. The summed E-state index contributed by atoms with van der Waals surface area (Å²) in [4.78, 5) is 4.19. The Morgan fingerprint density at radius 3 is 2.03 bits per heavy atom. The van der Waals surface area contributed by atoms with Crippen LogP contribution >= 0.6 is 0 Å². The molecule has 2 heterocycles. The van der Waals surface area contributed by atoms with Gasteiger partial charge in [-0.1, -0.05) is 42.5 Å². The largest absolute Gasteiger partial charge is 0.367 e. The Balaban J connectivity index is 1.26. The maximum absolute atomic E-state index is 12.5. The van der Waals surface area contributed by atoms with Gasteiger partial charge in [-0.2, -0.15) is 0 Å². The van der Waals surface area contributed by atoms with E-state index < -0.39 is 10.0 Å². The third-order valence-corrected chi connectivity index (χ3v) is 6.09. The number of benzene rings is 2. The van der Waals surface area contributed by atoms with E-state index in [1.54, 1.807) is 48.8 Å². The smallest absolute Gasteiger partial charge is 0.240 e. The first-order chi connectivity index (χ1) is 15.6. The fourth-order valence-corrected chi connectivity index (χ4v) is 4.02. The van der Waals surface area contributed by atoms with Crippen molar-refractivity contribution in [1.29, 1.82) is 0 Å². The Morgan fingerprint density at radius 2 is 1.34 bits per heavy atom. The summed E-state index contributed by atoms with van der Waals surface area (Å²) in [5.41, 5.74) is 2.87. The molecule has 4 rings (SSSR count). The molecule has 3 N–H and O–H groups in total. The topological polar surface area (TPSA) is 109 Å². The summed E-state index contributed by atoms with van der Waals surface area (Å²) in [7, 11) is -3.60. The summed E-state index contributed by atoms with van der Waals surface area (Å²) in [6, 6.07) is 23.9. The van der Waals surface area contributed by atoms with Gasteiger partial charge in [0.25, 0.3) is 0 Å². The maximum atomic E-state index is 12.5. The maximum Gasteiger partial charge on any atom is 0.240 e. The first-order valence-corrected chi connectivity index (χ1v) is 11.5. The van der Waals surface area contributed by atoms with Gasteiger partial charge in [-0.05, 0) is 47.5 Å². The van der Waals surface area contributed by atoms with Crippen LogP contribution in [0.4, 0.5) is 17.3 Å². The quantitative estimate of drug-likeness (QED) is 0.337. The van der Waals surface area contributed by atoms with Crippen molar-refractivity contribution in [3.8, 4) is 11.1 Å². The summed E-state index contributed by atoms with van der Waals surface area (Å²) in [6.07, 6.45) is 3.37. The second-order valence-corrected chi connectivity index (χ2v) is 8.65. The second kappa shape index (κ2) is 9.99. The van der Waals surface area contributed by atoms with Crippen LogP contribution in [-0.2, 0) is 10.0 Å². The van der Waals surface area contributed by atoms with E-state index in [1.165, 1.54) is 0 Å². The standard InChI is InChI=1S/C23H22N6O2S/c30-32(31,21-8-6-19(7-9-21)18-4-2-1-3-5-18)26-17-16-25-22-10-11-23(29-28-22)27-20-12-14-24-15-13-20/h1-15,26H,16-17H2,(H,25,28)(H,24,27,29). The summed E-state index contributed by atoms with van der Waals surface area (Å²) >= 11 is 0. The van der Waals surface area contributed by atoms with Gasteiger partial charge in [-0.15, -0.1) is 10.2 Å². The van der Waals surface area contributed by atoms with Crippen LogP contribution in [0.2, 0.25) is 0 Å². The lowest BCUT2D eigenvalue weighted by molar-refractivity contribution is 0.583. The van der Waals surface area contributed by atoms with Crippen LogP contribution in [0, 0.1) is 0 Å². The molecule has 4 aromatic rings. The van der Waals surface area contributed by atoms with Crippen molar-refractivity contribution in [2.45, 2.75) is 4.90 Å². The van der Waals surface area contributed by atoms with Gasteiger partial charge in [0, 0.05) is 31.2 Å². The van der Waals surface area contributed by atoms with Gasteiger partial charge in [0.2, 0.25) is 10.0 Å². The molecule has 162 valence electrons. The average Bonchev–Trinajstić information content (AvgIpc) is 2.84. The predicted molar refractivity (Wildman–Crippen MR) is 125 cm³/mol. The highest BCUT2D eigenvalue weighted by Gasteiger charge is 2.13. The number of aromatic nitrogens is 3. The lowest BCUT2D eigenvalue weighted by Crippen LogP contribution is -2.29. The molecule has 0 amide bonds. The second-order valence-electron chi connectivity index (χ2n) is 6.88. The van der Waals surface area contributed by atoms with E-state index in [1.807, 2.05) is 42.5 Å². The lowest BCUT2D eigenvalue weighted by Gasteiger charge is -2.09. The van der Waals surface area contributed by atoms with Crippen LogP contribution in [0.3, 0.4) is 0 Å². The highest BCUT2D eigenvalue weighted by atomic mass is 32.2. The van der Waals surface area contributed by atoms with Crippen LogP contribution in [-0.4, -0.2) is 36.7 Å². The number of rotatable bonds is 9. The third kappa shape index (κ3) is 5.65. The minimum atomic E-state index is -3.60. The first kappa shape index (κ1) is 21.4. The van der Waals surface area contributed by atoms with Crippen LogP contribution in [0.5, 0.6) is 0 Å². The van der Waals surface area contributed by atoms with Gasteiger partial charge in [0.05, 0.1) is 4.90 Å². The normalized spacial score (nSPS) is 11.1. The van der Waals surface area contributed by atoms with E-state index in [0.29, 0.717) is 18.2 Å². The van der Waals surface area contributed by atoms with Gasteiger partial charge in [-0.25, -0.2) is 13.1 Å². The Labute approximate surface area is 186 Å². The SMILES string of the molecule is O=S(=O)(NCCNc1ccc(Nc2ccncc2)nn1)c1ccc(-c2ccccc2)cc1. The van der Waals surface area contributed by atoms with E-state index in [9.17, 15) is 8.42 Å². The monoisotopic (exact) mass is 446 g/mol. The van der Waals surface area contributed by atoms with Gasteiger partial charge >= 0.3 is 0 Å². The molecule has 0 saturated heterocycles. The number of hydrogen-bond acceptors (Lipinski definition) is 7. The number of pyridine rings is 1. The highest BCUT2D eigenvalue weighted by Crippen LogP contribution is 2.21. The molecule has 0 spiro atoms. The molecule has 0 radical (unpaired) electrons. The Morgan fingerprint density at radius 1 is 0.688 bits per heavy atom. The van der Waals surface area contributed by atoms with E-state index in [2.05, 4.69) is 30.5 Å². The molecule has 0 aliphatic carbocycles. The summed E-state index contributed by atoms with van der Waals surface area (Å²) in [6.45, 7) is 0.578. The van der Waals surface area contributed by atoms with Crippen LogP contribution < -0.4 is 15.4 Å². The Hall–Kier alpha value is -3.82. The molecule has 0 aliphatic rings. The van der Waals surface area contributed by atoms with Crippen molar-refractivity contribution in [2.24, 2.45) is 0 Å². The molecule has 2 aromatic carbocycles. The average molecular weight is 447 g/mol. The Kier molecular flexibility index (Phi) is 6.69. The van der Waals surface area contributed by atoms with Crippen LogP contribution in [0.15, 0.2) is 96.2 Å². The molecule has 32 heavy (non-hydrogen) atoms. The minimum absolute atomic E-state index is 0.210. The number of nitrogens with zero attached hydrogens (tertiary/aromatic N) is 3. The molecule has 0 bridgehead atoms. The van der Waals surface area contributed by atoms with E-state index in [4.69, 9.17) is 0 Å². The van der Waals surface area contributed by atoms with Gasteiger partial charge in [0.1, 0.15) is 5.82 Å². The fraction of sp³-hybridized carbons (Fsp3) is 0.0870. The molecular weight excluding hydrogens is 424 g/mol. The zero-order valence-electron chi connectivity index (χ0n) is 17.1. The molecular formula is C23H22N6O2S. The van der Waals surface area contributed by atoms with E-state index in [-0.39, 0.29) is 11.4 Å². The van der Waals surface area contributed by atoms with Crippen LogP contribution in [0.25, 0.3) is 11.1 Å². The lowest BCUT2D eigenvalue weighted by atomic mass is 10.1.